The minimum absolute atomic E-state index is 0.604. The highest BCUT2D eigenvalue weighted by Crippen LogP contribution is 2.41. The number of rotatable bonds is 6. The lowest BCUT2D eigenvalue weighted by atomic mass is 9.93. The number of fused-ring (bicyclic) bond motifs is 12. The Labute approximate surface area is 391 Å². The van der Waals surface area contributed by atoms with Crippen LogP contribution in [-0.2, 0) is 0 Å². The van der Waals surface area contributed by atoms with Crippen LogP contribution in [0.25, 0.3) is 133 Å². The average molecular weight is 866 g/mol. The molecule has 3 heterocycles. The number of hydrogen-bond donors (Lipinski definition) is 0. The molecule has 316 valence electrons. The van der Waals surface area contributed by atoms with Gasteiger partial charge in [0.25, 0.3) is 0 Å². The van der Waals surface area contributed by atoms with Crippen LogP contribution in [0.5, 0.6) is 0 Å². The van der Waals surface area contributed by atoms with Crippen LogP contribution in [0.1, 0.15) is 0 Å². The van der Waals surface area contributed by atoms with Crippen LogP contribution in [0.4, 0.5) is 0 Å². The van der Waals surface area contributed by atoms with Gasteiger partial charge in [-0.25, -0.2) is 15.0 Å². The lowest BCUT2D eigenvalue weighted by Crippen LogP contribution is -2.02. The molecule has 0 bridgehead atoms. The second-order valence-corrected chi connectivity index (χ2v) is 17.5. The molecule has 0 aliphatic carbocycles. The summed E-state index contributed by atoms with van der Waals surface area (Å²) in [7, 11) is 0. The monoisotopic (exact) mass is 865 g/mol. The largest absolute Gasteiger partial charge is 0.309 e. The quantitative estimate of drug-likeness (QED) is 0.156. The Kier molecular flexibility index (Phi) is 8.52. The molecule has 0 amide bonds. The van der Waals surface area contributed by atoms with E-state index in [1.54, 1.807) is 0 Å². The molecule has 5 heteroatoms. The first-order chi connectivity index (χ1) is 33.7. The predicted molar refractivity (Wildman–Crippen MR) is 283 cm³/mol. The van der Waals surface area contributed by atoms with Crippen molar-refractivity contribution in [3.8, 4) is 56.7 Å². The molecule has 0 radical (unpaired) electrons. The van der Waals surface area contributed by atoms with Gasteiger partial charge >= 0.3 is 0 Å². The predicted octanol–water partition coefficient (Wildman–Crippen LogP) is 16.2. The van der Waals surface area contributed by atoms with Gasteiger partial charge in [-0.1, -0.05) is 188 Å². The fourth-order valence-corrected chi connectivity index (χ4v) is 10.7. The van der Waals surface area contributed by atoms with Crippen molar-refractivity contribution in [1.29, 1.82) is 0 Å². The van der Waals surface area contributed by atoms with Crippen LogP contribution >= 0.6 is 0 Å². The van der Waals surface area contributed by atoms with Crippen molar-refractivity contribution in [2.24, 2.45) is 0 Å². The lowest BCUT2D eigenvalue weighted by molar-refractivity contribution is 1.07. The molecule has 68 heavy (non-hydrogen) atoms. The second kappa shape index (κ2) is 15.2. The Morgan fingerprint density at radius 3 is 1.24 bits per heavy atom. The molecule has 0 aliphatic heterocycles. The Hall–Kier alpha value is -9.19. The maximum Gasteiger partial charge on any atom is 0.164 e. The van der Waals surface area contributed by atoms with Gasteiger partial charge in [0, 0.05) is 49.5 Å². The summed E-state index contributed by atoms with van der Waals surface area (Å²) in [6, 6.07) is 84.6. The summed E-state index contributed by atoms with van der Waals surface area (Å²) in [6.45, 7) is 0. The van der Waals surface area contributed by atoms with Gasteiger partial charge in [-0.05, 0) is 86.4 Å². The van der Waals surface area contributed by atoms with Crippen molar-refractivity contribution in [2.75, 3.05) is 0 Å². The smallest absolute Gasteiger partial charge is 0.164 e. The van der Waals surface area contributed by atoms with Gasteiger partial charge in [0.15, 0.2) is 17.5 Å². The van der Waals surface area contributed by atoms with Gasteiger partial charge in [-0.15, -0.1) is 0 Å². The highest BCUT2D eigenvalue weighted by atomic mass is 15.0. The Bertz CT molecular complexity index is 4230. The van der Waals surface area contributed by atoms with E-state index in [4.69, 9.17) is 15.0 Å². The van der Waals surface area contributed by atoms with Crippen LogP contribution in [0.2, 0.25) is 0 Å². The minimum atomic E-state index is 0.604. The number of para-hydroxylation sites is 3. The molecule has 14 rings (SSSR count). The number of aromatic nitrogens is 5. The van der Waals surface area contributed by atoms with E-state index >= 15 is 0 Å². The van der Waals surface area contributed by atoms with E-state index in [1.165, 1.54) is 64.9 Å². The summed E-state index contributed by atoms with van der Waals surface area (Å²) < 4.78 is 4.82. The van der Waals surface area contributed by atoms with Crippen molar-refractivity contribution in [3.63, 3.8) is 0 Å². The van der Waals surface area contributed by atoms with Crippen LogP contribution in [0.3, 0.4) is 0 Å². The molecule has 0 atom stereocenters. The summed E-state index contributed by atoms with van der Waals surface area (Å²) in [5.41, 5.74) is 11.8. The summed E-state index contributed by atoms with van der Waals surface area (Å²) in [5, 5.41) is 12.1. The van der Waals surface area contributed by atoms with Crippen molar-refractivity contribution in [3.05, 3.63) is 237 Å². The lowest BCUT2D eigenvalue weighted by Gasteiger charge is -2.17. The molecular formula is C63H39N5. The highest BCUT2D eigenvalue weighted by molar-refractivity contribution is 6.25. The van der Waals surface area contributed by atoms with Gasteiger partial charge in [0.1, 0.15) is 0 Å². The standard InChI is InChI=1S/C63H39N5/c1-3-17-40(18-4-1)45-34-31-43(38-60(45)68-58-30-16-13-27-53(58)55-39-44(33-36-59(55)68)67-56-28-14-11-25-51(56)52-26-12-15-29-57(52)67)63-65-61(41-19-5-2-6-20-41)64-62(66-63)42-32-35-50-48-23-8-7-21-46(48)47-22-9-10-24-49(47)54(50)37-42/h1-39H. The maximum absolute atomic E-state index is 5.35. The molecule has 14 aromatic rings. The van der Waals surface area contributed by atoms with Crippen molar-refractivity contribution >= 4 is 75.9 Å². The second-order valence-electron chi connectivity index (χ2n) is 17.5. The van der Waals surface area contributed by atoms with E-state index < -0.39 is 0 Å². The zero-order valence-electron chi connectivity index (χ0n) is 36.8. The van der Waals surface area contributed by atoms with Crippen molar-refractivity contribution in [2.45, 2.75) is 0 Å². The summed E-state index contributed by atoms with van der Waals surface area (Å²) >= 11 is 0. The van der Waals surface area contributed by atoms with Gasteiger partial charge in [-0.3, -0.25) is 0 Å². The zero-order valence-corrected chi connectivity index (χ0v) is 36.8. The first-order valence-corrected chi connectivity index (χ1v) is 23.1. The maximum atomic E-state index is 5.35. The van der Waals surface area contributed by atoms with E-state index in [2.05, 4.69) is 228 Å². The van der Waals surface area contributed by atoms with E-state index in [9.17, 15) is 0 Å². The van der Waals surface area contributed by atoms with E-state index in [-0.39, 0.29) is 0 Å². The van der Waals surface area contributed by atoms with Crippen molar-refractivity contribution < 1.29 is 0 Å². The third kappa shape index (κ3) is 5.93. The summed E-state index contributed by atoms with van der Waals surface area (Å²) in [5.74, 6) is 1.85. The fourth-order valence-electron chi connectivity index (χ4n) is 10.7. The van der Waals surface area contributed by atoms with Crippen LogP contribution in [0, 0.1) is 0 Å². The van der Waals surface area contributed by atoms with E-state index in [0.717, 1.165) is 50.2 Å². The topological polar surface area (TPSA) is 48.5 Å². The highest BCUT2D eigenvalue weighted by Gasteiger charge is 2.21. The van der Waals surface area contributed by atoms with Crippen LogP contribution in [-0.4, -0.2) is 24.1 Å². The first-order valence-electron chi connectivity index (χ1n) is 23.1. The molecule has 0 saturated carbocycles. The molecule has 0 N–H and O–H groups in total. The van der Waals surface area contributed by atoms with Gasteiger partial charge in [0.05, 0.1) is 27.8 Å². The number of benzene rings is 11. The minimum Gasteiger partial charge on any atom is -0.309 e. The third-order valence-electron chi connectivity index (χ3n) is 13.7. The van der Waals surface area contributed by atoms with E-state index in [1.807, 2.05) is 18.2 Å². The Morgan fingerprint density at radius 1 is 0.235 bits per heavy atom. The van der Waals surface area contributed by atoms with Gasteiger partial charge in [0.2, 0.25) is 0 Å². The number of hydrogen-bond acceptors (Lipinski definition) is 3. The Balaban J connectivity index is 0.995. The number of nitrogens with zero attached hydrogens (tertiary/aromatic N) is 5. The first kappa shape index (κ1) is 38.1. The van der Waals surface area contributed by atoms with E-state index in [0.29, 0.717) is 17.5 Å². The van der Waals surface area contributed by atoms with Crippen molar-refractivity contribution in [1.82, 2.24) is 24.1 Å². The Morgan fingerprint density at radius 2 is 0.647 bits per heavy atom. The fraction of sp³-hybridized carbons (Fsp3) is 0. The summed E-state index contributed by atoms with van der Waals surface area (Å²) in [4.78, 5) is 15.8. The van der Waals surface area contributed by atoms with Gasteiger partial charge in [-0.2, -0.15) is 0 Å². The normalized spacial score (nSPS) is 11.8. The molecular weight excluding hydrogens is 827 g/mol. The zero-order chi connectivity index (χ0) is 44.7. The molecule has 3 aromatic heterocycles. The van der Waals surface area contributed by atoms with Crippen LogP contribution < -0.4 is 0 Å². The molecule has 5 nitrogen and oxygen atoms in total. The molecule has 0 saturated heterocycles. The molecule has 0 unspecified atom stereocenters. The van der Waals surface area contributed by atoms with Crippen LogP contribution in [0.15, 0.2) is 237 Å². The molecule has 11 aromatic carbocycles. The van der Waals surface area contributed by atoms with Gasteiger partial charge < -0.3 is 9.13 Å². The molecule has 0 aliphatic rings. The SMILES string of the molecule is c1ccc(-c2nc(-c3ccc(-c4ccccc4)c(-n4c5ccccc5c5cc(-n6c7ccccc7c7ccccc76)ccc54)c3)nc(-c3ccc4c5ccccc5c5ccccc5c4c3)n2)cc1. The molecule has 0 fully saturated rings. The summed E-state index contributed by atoms with van der Waals surface area (Å²) in [6.07, 6.45) is 0. The molecule has 0 spiro atoms. The average Bonchev–Trinajstić information content (AvgIpc) is 3.93. The third-order valence-corrected chi connectivity index (χ3v) is 13.7.